The van der Waals surface area contributed by atoms with Gasteiger partial charge in [-0.3, -0.25) is 9.63 Å². The van der Waals surface area contributed by atoms with E-state index >= 15 is 0 Å². The summed E-state index contributed by atoms with van der Waals surface area (Å²) in [6.07, 6.45) is 1.57. The number of thiocarbonyl (C=S) groups is 1. The van der Waals surface area contributed by atoms with Crippen LogP contribution < -0.4 is 5.73 Å². The molecule has 0 aliphatic rings. The van der Waals surface area contributed by atoms with Crippen molar-refractivity contribution in [1.29, 1.82) is 5.26 Å². The second-order valence-electron chi connectivity index (χ2n) is 3.64. The Morgan fingerprint density at radius 2 is 2.05 bits per heavy atom. The van der Waals surface area contributed by atoms with Crippen LogP contribution in [0.4, 0.5) is 0 Å². The molecule has 0 heterocycles. The zero-order chi connectivity index (χ0) is 14.4. The van der Waals surface area contributed by atoms with E-state index in [1.165, 1.54) is 14.2 Å². The molecule has 0 bridgehead atoms. The van der Waals surface area contributed by atoms with Gasteiger partial charge in [-0.05, 0) is 23.8 Å². The van der Waals surface area contributed by atoms with Crippen LogP contribution in [-0.2, 0) is 4.84 Å². The van der Waals surface area contributed by atoms with Gasteiger partial charge in [-0.25, -0.2) is 5.06 Å². The molecule has 0 aliphatic carbocycles. The number of nitriles is 1. The fourth-order valence-electron chi connectivity index (χ4n) is 1.31. The Morgan fingerprint density at radius 3 is 2.47 bits per heavy atom. The van der Waals surface area contributed by atoms with Crippen LogP contribution in [0.5, 0.6) is 0 Å². The Balaban J connectivity index is 2.98. The van der Waals surface area contributed by atoms with Crippen LogP contribution in [0.25, 0.3) is 6.08 Å². The fourth-order valence-corrected chi connectivity index (χ4v) is 1.42. The standard InChI is InChI=1S/C13H13N3O2S/c1-16(18-2)13(17)10-5-3-9(4-6-10)7-11(8-14)12(15)19/h3-7H,1-2H3,(H2,15,19)/b11-7+. The summed E-state index contributed by atoms with van der Waals surface area (Å²) in [4.78, 5) is 16.6. The number of rotatable bonds is 4. The molecular weight excluding hydrogens is 262 g/mol. The third-order valence-corrected chi connectivity index (χ3v) is 2.63. The van der Waals surface area contributed by atoms with Crippen molar-refractivity contribution in [2.45, 2.75) is 0 Å². The molecule has 0 spiro atoms. The maximum absolute atomic E-state index is 11.8. The monoisotopic (exact) mass is 275 g/mol. The molecule has 0 aromatic heterocycles. The first-order valence-electron chi connectivity index (χ1n) is 5.33. The van der Waals surface area contributed by atoms with Gasteiger partial charge < -0.3 is 5.73 Å². The van der Waals surface area contributed by atoms with Crippen molar-refractivity contribution < 1.29 is 9.63 Å². The minimum atomic E-state index is -0.257. The van der Waals surface area contributed by atoms with Gasteiger partial charge in [0.15, 0.2) is 0 Å². The van der Waals surface area contributed by atoms with E-state index in [1.807, 2.05) is 6.07 Å². The minimum Gasteiger partial charge on any atom is -0.389 e. The summed E-state index contributed by atoms with van der Waals surface area (Å²) in [6.45, 7) is 0. The second-order valence-corrected chi connectivity index (χ2v) is 4.08. The molecule has 0 saturated heterocycles. The largest absolute Gasteiger partial charge is 0.389 e. The summed E-state index contributed by atoms with van der Waals surface area (Å²) in [6, 6.07) is 8.59. The average molecular weight is 275 g/mol. The predicted molar refractivity (Wildman–Crippen MR) is 75.9 cm³/mol. The van der Waals surface area contributed by atoms with Gasteiger partial charge in [0, 0.05) is 12.6 Å². The van der Waals surface area contributed by atoms with Crippen molar-refractivity contribution in [3.8, 4) is 6.07 Å². The maximum Gasteiger partial charge on any atom is 0.277 e. The van der Waals surface area contributed by atoms with Gasteiger partial charge >= 0.3 is 0 Å². The van der Waals surface area contributed by atoms with Crippen molar-refractivity contribution in [2.24, 2.45) is 5.73 Å². The van der Waals surface area contributed by atoms with Crippen molar-refractivity contribution in [2.75, 3.05) is 14.2 Å². The Labute approximate surface area is 116 Å². The van der Waals surface area contributed by atoms with E-state index in [1.54, 1.807) is 30.3 Å². The van der Waals surface area contributed by atoms with Gasteiger partial charge in [0.2, 0.25) is 0 Å². The SMILES string of the molecule is CON(C)C(=O)c1ccc(/C=C(\C#N)C(N)=S)cc1. The average Bonchev–Trinajstić information content (AvgIpc) is 2.43. The molecule has 0 atom stereocenters. The van der Waals surface area contributed by atoms with Crippen LogP contribution in [0.15, 0.2) is 29.8 Å². The predicted octanol–water partition coefficient (Wildman–Crippen LogP) is 1.51. The van der Waals surface area contributed by atoms with Crippen molar-refractivity contribution in [3.63, 3.8) is 0 Å². The molecule has 2 N–H and O–H groups in total. The molecule has 6 heteroatoms. The topological polar surface area (TPSA) is 79.3 Å². The number of hydrogen-bond donors (Lipinski definition) is 1. The zero-order valence-electron chi connectivity index (χ0n) is 10.6. The smallest absolute Gasteiger partial charge is 0.277 e. The summed E-state index contributed by atoms with van der Waals surface area (Å²) in [5, 5.41) is 9.97. The highest BCUT2D eigenvalue weighted by atomic mass is 32.1. The third-order valence-electron chi connectivity index (χ3n) is 2.41. The van der Waals surface area contributed by atoms with E-state index in [4.69, 9.17) is 28.1 Å². The molecule has 0 fully saturated rings. The molecule has 5 nitrogen and oxygen atoms in total. The van der Waals surface area contributed by atoms with Crippen LogP contribution in [0.1, 0.15) is 15.9 Å². The Morgan fingerprint density at radius 1 is 1.47 bits per heavy atom. The number of carbonyl (C=O) groups is 1. The van der Waals surface area contributed by atoms with Crippen molar-refractivity contribution in [1.82, 2.24) is 5.06 Å². The van der Waals surface area contributed by atoms with Crippen LogP contribution in [0.3, 0.4) is 0 Å². The third kappa shape index (κ3) is 3.88. The van der Waals surface area contributed by atoms with Crippen LogP contribution in [-0.4, -0.2) is 30.1 Å². The maximum atomic E-state index is 11.8. The lowest BCUT2D eigenvalue weighted by Crippen LogP contribution is -2.25. The molecule has 0 radical (unpaired) electrons. The summed E-state index contributed by atoms with van der Waals surface area (Å²) in [7, 11) is 2.94. The fraction of sp³-hybridized carbons (Fsp3) is 0.154. The molecule has 1 amide bonds. The van der Waals surface area contributed by atoms with Crippen molar-refractivity contribution >= 4 is 29.2 Å². The van der Waals surface area contributed by atoms with Gasteiger partial charge in [-0.1, -0.05) is 24.4 Å². The van der Waals surface area contributed by atoms with Gasteiger partial charge in [-0.15, -0.1) is 0 Å². The lowest BCUT2D eigenvalue weighted by molar-refractivity contribution is -0.0756. The number of amides is 1. The molecular formula is C13H13N3O2S. The minimum absolute atomic E-state index is 0.0433. The van der Waals surface area contributed by atoms with Gasteiger partial charge in [0.25, 0.3) is 5.91 Å². The highest BCUT2D eigenvalue weighted by molar-refractivity contribution is 7.80. The lowest BCUT2D eigenvalue weighted by Gasteiger charge is -2.13. The van der Waals surface area contributed by atoms with E-state index in [0.29, 0.717) is 5.56 Å². The molecule has 1 rings (SSSR count). The number of benzene rings is 1. The Bertz CT molecular complexity index is 558. The molecule has 98 valence electrons. The quantitative estimate of drug-likeness (QED) is 0.390. The summed E-state index contributed by atoms with van der Waals surface area (Å²) in [5.74, 6) is -0.257. The van der Waals surface area contributed by atoms with E-state index in [-0.39, 0.29) is 16.5 Å². The summed E-state index contributed by atoms with van der Waals surface area (Å²) < 4.78 is 0. The zero-order valence-corrected chi connectivity index (χ0v) is 11.4. The number of hydrogen-bond acceptors (Lipinski definition) is 4. The van der Waals surface area contributed by atoms with E-state index in [2.05, 4.69) is 0 Å². The normalized spacial score (nSPS) is 10.7. The molecule has 19 heavy (non-hydrogen) atoms. The van der Waals surface area contributed by atoms with E-state index in [0.717, 1.165) is 10.6 Å². The number of hydroxylamine groups is 2. The molecule has 0 unspecified atom stereocenters. The van der Waals surface area contributed by atoms with Crippen LogP contribution >= 0.6 is 12.2 Å². The Kier molecular flexibility index (Phi) is 5.18. The molecule has 1 aromatic carbocycles. The van der Waals surface area contributed by atoms with Gasteiger partial charge in [0.1, 0.15) is 11.1 Å². The lowest BCUT2D eigenvalue weighted by atomic mass is 10.1. The van der Waals surface area contributed by atoms with Gasteiger partial charge in [0.05, 0.1) is 12.7 Å². The number of nitrogens with two attached hydrogens (primary N) is 1. The first-order chi connectivity index (χ1) is 8.99. The highest BCUT2D eigenvalue weighted by Crippen LogP contribution is 2.10. The van der Waals surface area contributed by atoms with Crippen LogP contribution in [0.2, 0.25) is 0 Å². The number of nitrogens with zero attached hydrogens (tertiary/aromatic N) is 2. The Hall–Kier alpha value is -2.23. The first-order valence-corrected chi connectivity index (χ1v) is 5.74. The van der Waals surface area contributed by atoms with Crippen molar-refractivity contribution in [3.05, 3.63) is 41.0 Å². The molecule has 0 saturated carbocycles. The highest BCUT2D eigenvalue weighted by Gasteiger charge is 2.10. The van der Waals surface area contributed by atoms with E-state index < -0.39 is 0 Å². The number of carbonyl (C=O) groups excluding carboxylic acids is 1. The summed E-state index contributed by atoms with van der Waals surface area (Å²) >= 11 is 4.74. The van der Waals surface area contributed by atoms with Gasteiger partial charge in [-0.2, -0.15) is 5.26 Å². The molecule has 1 aromatic rings. The summed E-state index contributed by atoms with van der Waals surface area (Å²) in [5.41, 5.74) is 6.84. The van der Waals surface area contributed by atoms with E-state index in [9.17, 15) is 4.79 Å². The molecule has 0 aliphatic heterocycles. The van der Waals surface area contributed by atoms with Crippen LogP contribution in [0, 0.1) is 11.3 Å². The second kappa shape index (κ2) is 6.64. The first kappa shape index (κ1) is 14.8.